The highest BCUT2D eigenvalue weighted by Crippen LogP contribution is 2.53. The maximum atomic E-state index is 6.39. The lowest BCUT2D eigenvalue weighted by molar-refractivity contribution is 0.668. The van der Waals surface area contributed by atoms with E-state index in [4.69, 9.17) is 19.4 Å². The molecule has 12 aromatic heterocycles. The van der Waals surface area contributed by atoms with Crippen molar-refractivity contribution >= 4 is 249 Å². The quantitative estimate of drug-likeness (QED) is 0.166. The second-order valence-electron chi connectivity index (χ2n) is 33.5. The predicted octanol–water partition coefficient (Wildman–Crippen LogP) is 31.9. The lowest BCUT2D eigenvalue weighted by Crippen LogP contribution is -1.99. The summed E-state index contributed by atoms with van der Waals surface area (Å²) in [6.45, 7) is 0. The minimum atomic E-state index is 0.881. The molecule has 12 heteroatoms. The first kappa shape index (κ1) is 71.6. The first-order valence-electron chi connectivity index (χ1n) is 43.7. The van der Waals surface area contributed by atoms with Gasteiger partial charge in [0.25, 0.3) is 0 Å². The number of para-hydroxylation sites is 10. The van der Waals surface area contributed by atoms with Crippen molar-refractivity contribution in [2.24, 2.45) is 0 Å². The van der Waals surface area contributed by atoms with Crippen LogP contribution in [0.4, 0.5) is 0 Å². The molecular weight excluding hydrogens is 1610 g/mol. The molecule has 0 radical (unpaired) electrons. The SMILES string of the molecule is c1ccc(-n2c3ccccc3c3c4ncccc4c4c5ccccc5n(-c5ccc6c(c5)oc5ccccc56)c4c32)cc1.c1ccc(-n2c3ccccc3c3c4ncccc4c4c5ccccc5n(-c5ccc6c(c5)sc5ccccc56)c4c32)cc1.c1ccc(-n2c3ccccc3c3c4ncccc4c4c5ccccc5n(-c5cccc6c5sc5ccccc56)c4c32)cc1. The van der Waals surface area contributed by atoms with Gasteiger partial charge in [-0.2, -0.15) is 0 Å². The minimum Gasteiger partial charge on any atom is -0.456 e. The second kappa shape index (κ2) is 27.9. The summed E-state index contributed by atoms with van der Waals surface area (Å²) in [5, 5.41) is 25.5. The zero-order chi connectivity index (χ0) is 84.2. The van der Waals surface area contributed by atoms with Crippen molar-refractivity contribution in [3.05, 3.63) is 419 Å². The molecule has 0 atom stereocenters. The van der Waals surface area contributed by atoms with Crippen molar-refractivity contribution in [1.29, 1.82) is 0 Å². The van der Waals surface area contributed by atoms with Gasteiger partial charge in [0, 0.05) is 175 Å². The van der Waals surface area contributed by atoms with Crippen LogP contribution in [0.25, 0.3) is 260 Å². The van der Waals surface area contributed by atoms with Gasteiger partial charge in [0.05, 0.1) is 98.8 Å². The van der Waals surface area contributed by atoms with Gasteiger partial charge in [-0.25, -0.2) is 0 Å². The fraction of sp³-hybridized carbons (Fsp3) is 0. The van der Waals surface area contributed by atoms with Gasteiger partial charge in [-0.05, 0) is 140 Å². The van der Waals surface area contributed by atoms with Crippen LogP contribution in [0.5, 0.6) is 0 Å². The van der Waals surface area contributed by atoms with Crippen molar-refractivity contribution in [2.75, 3.05) is 0 Å². The monoisotopic (exact) mass is 1680 g/mol. The third-order valence-corrected chi connectivity index (χ3v) is 29.1. The topological polar surface area (TPSA) is 81.4 Å². The van der Waals surface area contributed by atoms with Crippen molar-refractivity contribution in [1.82, 2.24) is 42.4 Å². The van der Waals surface area contributed by atoms with Crippen LogP contribution in [-0.4, -0.2) is 42.4 Å². The molecule has 0 aliphatic heterocycles. The van der Waals surface area contributed by atoms with Crippen molar-refractivity contribution < 1.29 is 4.42 Å². The summed E-state index contributed by atoms with van der Waals surface area (Å²) in [7, 11) is 0. The van der Waals surface area contributed by atoms with E-state index in [9.17, 15) is 0 Å². The number of furan rings is 1. The molecule has 0 saturated heterocycles. The fourth-order valence-corrected chi connectivity index (χ4v) is 24.0. The third kappa shape index (κ3) is 10.3. The summed E-state index contributed by atoms with van der Waals surface area (Å²) in [5.41, 5.74) is 25.9. The lowest BCUT2D eigenvalue weighted by Gasteiger charge is -2.14. The van der Waals surface area contributed by atoms with Crippen molar-refractivity contribution in [3.8, 4) is 34.1 Å². The molecule has 129 heavy (non-hydrogen) atoms. The highest BCUT2D eigenvalue weighted by Gasteiger charge is 2.31. The summed E-state index contributed by atoms with van der Waals surface area (Å²) < 4.78 is 26.3. The Morgan fingerprint density at radius 2 is 0.488 bits per heavy atom. The smallest absolute Gasteiger partial charge is 0.137 e. The summed E-state index contributed by atoms with van der Waals surface area (Å²) in [6, 6.07) is 144. The van der Waals surface area contributed by atoms with Gasteiger partial charge >= 0.3 is 0 Å². The number of benzene rings is 18. The van der Waals surface area contributed by atoms with Crippen LogP contribution in [0.15, 0.2) is 423 Å². The Bertz CT molecular complexity index is 9590. The maximum absolute atomic E-state index is 6.39. The number of fused-ring (bicyclic) bond motifs is 39. The third-order valence-electron chi connectivity index (χ3n) is 26.8. The summed E-state index contributed by atoms with van der Waals surface area (Å²) in [6.07, 6.45) is 5.77. The van der Waals surface area contributed by atoms with Crippen LogP contribution in [-0.2, 0) is 0 Å². The van der Waals surface area contributed by atoms with E-state index in [0.29, 0.717) is 0 Å². The number of aromatic nitrogens is 9. The van der Waals surface area contributed by atoms with E-state index in [-0.39, 0.29) is 0 Å². The van der Waals surface area contributed by atoms with Crippen LogP contribution < -0.4 is 0 Å². The van der Waals surface area contributed by atoms with Crippen LogP contribution in [0.1, 0.15) is 0 Å². The average Bonchev–Trinajstić information content (AvgIpc) is 1.53. The molecule has 0 amide bonds. The predicted molar refractivity (Wildman–Crippen MR) is 544 cm³/mol. The van der Waals surface area contributed by atoms with E-state index in [1.54, 1.807) is 0 Å². The molecule has 30 aromatic rings. The Kier molecular flexibility index (Phi) is 15.5. The van der Waals surface area contributed by atoms with E-state index >= 15 is 0 Å². The van der Waals surface area contributed by atoms with Gasteiger partial charge in [-0.1, -0.05) is 255 Å². The van der Waals surface area contributed by atoms with E-state index in [0.717, 1.165) is 94.1 Å². The van der Waals surface area contributed by atoms with E-state index in [1.165, 1.54) is 166 Å². The molecule has 0 aliphatic carbocycles. The molecular formula is C117H69N9OS2. The van der Waals surface area contributed by atoms with Crippen LogP contribution in [0.2, 0.25) is 0 Å². The van der Waals surface area contributed by atoms with Gasteiger partial charge in [-0.3, -0.25) is 15.0 Å². The molecule has 0 unspecified atom stereocenters. The van der Waals surface area contributed by atoms with E-state index < -0.39 is 0 Å². The Labute approximate surface area is 742 Å². The molecule has 0 saturated carbocycles. The van der Waals surface area contributed by atoms with E-state index in [2.05, 4.69) is 416 Å². The molecule has 0 fully saturated rings. The molecule has 30 rings (SSSR count). The normalized spacial score (nSPS) is 12.2. The van der Waals surface area contributed by atoms with Crippen LogP contribution in [0.3, 0.4) is 0 Å². The molecule has 12 heterocycles. The average molecular weight is 1680 g/mol. The molecule has 0 N–H and O–H groups in total. The van der Waals surface area contributed by atoms with Crippen LogP contribution >= 0.6 is 22.7 Å². The number of pyridine rings is 3. The lowest BCUT2D eigenvalue weighted by atomic mass is 10.0. The molecule has 0 bridgehead atoms. The summed E-state index contributed by atoms with van der Waals surface area (Å²) in [5.74, 6) is 0. The molecule has 0 spiro atoms. The van der Waals surface area contributed by atoms with Gasteiger partial charge < -0.3 is 31.8 Å². The zero-order valence-electron chi connectivity index (χ0n) is 69.1. The Balaban J connectivity index is 0.0000000976. The number of thiophene rings is 2. The molecule has 600 valence electrons. The zero-order valence-corrected chi connectivity index (χ0v) is 70.7. The Morgan fingerprint density at radius 3 is 0.938 bits per heavy atom. The Morgan fingerprint density at radius 1 is 0.186 bits per heavy atom. The number of hydrogen-bond donors (Lipinski definition) is 0. The largest absolute Gasteiger partial charge is 0.456 e. The summed E-state index contributed by atoms with van der Waals surface area (Å²) in [4.78, 5) is 15.1. The van der Waals surface area contributed by atoms with Gasteiger partial charge in [0.15, 0.2) is 0 Å². The Hall–Kier alpha value is -16.8. The molecule has 10 nitrogen and oxygen atoms in total. The standard InChI is InChI=1S/C39H23N3O.2C39H23N3S/c1-2-11-24(12-3-1)41-32-18-8-5-15-29(32)36-37-30(16-10-22-40-37)35-28-14-4-7-17-31(28)42(38(35)39(36)41)25-20-21-27-26-13-6-9-19-33(26)43-34(27)23-25;1-2-12-24(13-3-1)41-30-19-7-5-16-28(30)35-36-29(18-11-23-40-36)34-27-15-4-8-20-31(27)42(37(34)38(35)41)32-21-10-17-26-25-14-6-9-22-33(25)43-39(26)32;1-2-11-24(12-3-1)41-32-18-8-5-15-29(32)36-37-30(16-10-22-40-37)35-28-14-4-7-17-31(28)42(38(35)39(36)41)25-20-21-27-26-13-6-9-19-33(26)43-34(27)23-25/h3*1-23H. The highest BCUT2D eigenvalue weighted by atomic mass is 32.1. The highest BCUT2D eigenvalue weighted by molar-refractivity contribution is 7.26. The van der Waals surface area contributed by atoms with Crippen LogP contribution in [0, 0.1) is 0 Å². The summed E-state index contributed by atoms with van der Waals surface area (Å²) >= 11 is 3.74. The van der Waals surface area contributed by atoms with Crippen molar-refractivity contribution in [3.63, 3.8) is 0 Å². The van der Waals surface area contributed by atoms with E-state index in [1.807, 2.05) is 53.4 Å². The first-order chi connectivity index (χ1) is 64.1. The molecule has 18 aromatic carbocycles. The first-order valence-corrected chi connectivity index (χ1v) is 45.3. The van der Waals surface area contributed by atoms with Gasteiger partial charge in [0.1, 0.15) is 11.2 Å². The number of rotatable bonds is 6. The van der Waals surface area contributed by atoms with Gasteiger partial charge in [0.2, 0.25) is 0 Å². The molecule has 0 aliphatic rings. The number of nitrogens with zero attached hydrogens (tertiary/aromatic N) is 9. The maximum Gasteiger partial charge on any atom is 0.137 e. The number of hydrogen-bond acceptors (Lipinski definition) is 6. The van der Waals surface area contributed by atoms with Crippen molar-refractivity contribution in [2.45, 2.75) is 0 Å². The van der Waals surface area contributed by atoms with Gasteiger partial charge in [-0.15, -0.1) is 22.7 Å². The minimum absolute atomic E-state index is 0.881. The second-order valence-corrected chi connectivity index (χ2v) is 35.6. The fourth-order valence-electron chi connectivity index (χ4n) is 21.7.